The normalized spacial score (nSPS) is 19.2. The minimum absolute atomic E-state index is 0.0587. The molecule has 0 unspecified atom stereocenters. The van der Waals surface area contributed by atoms with Crippen molar-refractivity contribution < 1.29 is 4.79 Å². The number of hydrogen-bond donors (Lipinski definition) is 2. The van der Waals surface area contributed by atoms with E-state index in [1.807, 2.05) is 18.2 Å². The number of fused-ring (bicyclic) bond motifs is 1. The standard InChI is InChI=1S/C31H34N4O/c36-31-29(27-16-15-26(21-28(27)33-31)35-19-7-8-20-35)30(24-9-3-1-4-10-24)32-25-13-11-23(12-14-25)22-34-17-5-2-6-18-34/h1,3-4,9-16,21,32H,2,5-8,17-20,22H2,(H,33,36). The van der Waals surface area contributed by atoms with Crippen molar-refractivity contribution in [3.05, 3.63) is 89.5 Å². The molecule has 184 valence electrons. The predicted octanol–water partition coefficient (Wildman–Crippen LogP) is 6.21. The Kier molecular flexibility index (Phi) is 6.48. The maximum Gasteiger partial charge on any atom is 0.258 e. The lowest BCUT2D eigenvalue weighted by molar-refractivity contribution is -0.110. The molecule has 0 aromatic heterocycles. The Morgan fingerprint density at radius 2 is 1.53 bits per heavy atom. The molecule has 2 fully saturated rings. The Balaban J connectivity index is 1.31. The second kappa shape index (κ2) is 10.2. The van der Waals surface area contributed by atoms with E-state index in [9.17, 15) is 4.79 Å². The van der Waals surface area contributed by atoms with Crippen molar-refractivity contribution >= 4 is 34.2 Å². The number of benzene rings is 3. The SMILES string of the molecule is O=C1Nc2cc(N3CCCC3)ccc2C1=C(Nc1ccc(CN2CCCCC2)cc1)c1ccccc1. The molecular weight excluding hydrogens is 444 g/mol. The summed E-state index contributed by atoms with van der Waals surface area (Å²) in [4.78, 5) is 18.3. The molecular formula is C31H34N4O. The second-order valence-electron chi connectivity index (χ2n) is 10.2. The summed E-state index contributed by atoms with van der Waals surface area (Å²) in [6, 6.07) is 25.2. The van der Waals surface area contributed by atoms with Crippen LogP contribution in [0, 0.1) is 0 Å². The van der Waals surface area contributed by atoms with Gasteiger partial charge in [-0.15, -0.1) is 0 Å². The predicted molar refractivity (Wildman–Crippen MR) is 149 cm³/mol. The molecule has 36 heavy (non-hydrogen) atoms. The van der Waals surface area contributed by atoms with Gasteiger partial charge in [-0.05, 0) is 80.2 Å². The van der Waals surface area contributed by atoms with E-state index in [1.54, 1.807) is 0 Å². The zero-order chi connectivity index (χ0) is 24.3. The maximum absolute atomic E-state index is 13.3. The zero-order valence-electron chi connectivity index (χ0n) is 20.8. The summed E-state index contributed by atoms with van der Waals surface area (Å²) in [6.07, 6.45) is 6.42. The number of piperidine rings is 1. The van der Waals surface area contributed by atoms with E-state index >= 15 is 0 Å². The largest absolute Gasteiger partial charge is 0.371 e. The number of carbonyl (C=O) groups excluding carboxylic acids is 1. The number of hydrogen-bond acceptors (Lipinski definition) is 4. The van der Waals surface area contributed by atoms with Gasteiger partial charge in [0.1, 0.15) is 0 Å². The van der Waals surface area contributed by atoms with Gasteiger partial charge in [0.05, 0.1) is 17.0 Å². The first-order valence-corrected chi connectivity index (χ1v) is 13.3. The second-order valence-corrected chi connectivity index (χ2v) is 10.2. The van der Waals surface area contributed by atoms with Gasteiger partial charge in [0.2, 0.25) is 0 Å². The van der Waals surface area contributed by atoms with Crippen molar-refractivity contribution in [1.82, 2.24) is 4.90 Å². The number of nitrogens with one attached hydrogen (secondary N) is 2. The maximum atomic E-state index is 13.3. The fourth-order valence-corrected chi connectivity index (χ4v) is 5.68. The number of anilines is 3. The van der Waals surface area contributed by atoms with Gasteiger partial charge in [-0.1, -0.05) is 48.9 Å². The van der Waals surface area contributed by atoms with E-state index < -0.39 is 0 Å². The van der Waals surface area contributed by atoms with Gasteiger partial charge in [0, 0.05) is 36.6 Å². The Morgan fingerprint density at radius 3 is 2.28 bits per heavy atom. The highest BCUT2D eigenvalue weighted by Gasteiger charge is 2.29. The molecule has 0 bridgehead atoms. The van der Waals surface area contributed by atoms with Crippen LogP contribution in [0.15, 0.2) is 72.8 Å². The van der Waals surface area contributed by atoms with Crippen LogP contribution in [0.5, 0.6) is 0 Å². The van der Waals surface area contributed by atoms with Gasteiger partial charge in [0.15, 0.2) is 0 Å². The van der Waals surface area contributed by atoms with Gasteiger partial charge < -0.3 is 15.5 Å². The fourth-order valence-electron chi connectivity index (χ4n) is 5.68. The monoisotopic (exact) mass is 478 g/mol. The highest BCUT2D eigenvalue weighted by Crippen LogP contribution is 2.40. The summed E-state index contributed by atoms with van der Waals surface area (Å²) in [5.74, 6) is -0.0587. The molecule has 6 rings (SSSR count). The summed E-state index contributed by atoms with van der Waals surface area (Å²) in [5, 5.41) is 6.74. The van der Waals surface area contributed by atoms with Crippen LogP contribution in [0.3, 0.4) is 0 Å². The number of carbonyl (C=O) groups is 1. The Hall–Kier alpha value is -3.57. The lowest BCUT2D eigenvalue weighted by Crippen LogP contribution is -2.29. The molecule has 3 aromatic carbocycles. The first kappa shape index (κ1) is 22.9. The van der Waals surface area contributed by atoms with Gasteiger partial charge in [0.25, 0.3) is 5.91 Å². The zero-order valence-corrected chi connectivity index (χ0v) is 20.8. The third kappa shape index (κ3) is 4.76. The van der Waals surface area contributed by atoms with Crippen LogP contribution >= 0.6 is 0 Å². The summed E-state index contributed by atoms with van der Waals surface area (Å²) < 4.78 is 0. The molecule has 3 aromatic rings. The number of amides is 1. The van der Waals surface area contributed by atoms with Gasteiger partial charge in [-0.25, -0.2) is 0 Å². The van der Waals surface area contributed by atoms with Crippen LogP contribution in [-0.2, 0) is 11.3 Å². The molecule has 0 saturated carbocycles. The molecule has 0 atom stereocenters. The van der Waals surface area contributed by atoms with Crippen LogP contribution in [-0.4, -0.2) is 37.0 Å². The van der Waals surface area contributed by atoms with Crippen LogP contribution in [0.1, 0.15) is 48.8 Å². The highest BCUT2D eigenvalue weighted by atomic mass is 16.2. The van der Waals surface area contributed by atoms with E-state index in [4.69, 9.17) is 0 Å². The molecule has 0 radical (unpaired) electrons. The third-order valence-corrected chi connectivity index (χ3v) is 7.61. The quantitative estimate of drug-likeness (QED) is 0.414. The van der Waals surface area contributed by atoms with E-state index in [0.717, 1.165) is 47.8 Å². The van der Waals surface area contributed by atoms with Crippen molar-refractivity contribution in [2.45, 2.75) is 38.6 Å². The number of nitrogens with zero attached hydrogens (tertiary/aromatic N) is 2. The average Bonchev–Trinajstić information content (AvgIpc) is 3.57. The summed E-state index contributed by atoms with van der Waals surface area (Å²) in [7, 11) is 0. The van der Waals surface area contributed by atoms with E-state index in [1.165, 1.54) is 56.4 Å². The van der Waals surface area contributed by atoms with E-state index in [2.05, 4.69) is 75.0 Å². The summed E-state index contributed by atoms with van der Waals surface area (Å²) in [5.41, 5.74) is 7.88. The van der Waals surface area contributed by atoms with E-state index in [0.29, 0.717) is 5.57 Å². The van der Waals surface area contributed by atoms with Crippen LogP contribution in [0.4, 0.5) is 17.1 Å². The Labute approximate surface area is 213 Å². The number of likely N-dealkylation sites (tertiary alicyclic amines) is 1. The topological polar surface area (TPSA) is 47.6 Å². The molecule has 2 N–H and O–H groups in total. The lowest BCUT2D eigenvalue weighted by atomic mass is 9.99. The lowest BCUT2D eigenvalue weighted by Gasteiger charge is -2.26. The van der Waals surface area contributed by atoms with Crippen molar-refractivity contribution in [3.63, 3.8) is 0 Å². The molecule has 1 amide bonds. The third-order valence-electron chi connectivity index (χ3n) is 7.61. The van der Waals surface area contributed by atoms with Crippen LogP contribution in [0.2, 0.25) is 0 Å². The van der Waals surface area contributed by atoms with Crippen molar-refractivity contribution in [2.75, 3.05) is 41.7 Å². The van der Waals surface area contributed by atoms with Crippen molar-refractivity contribution in [2.24, 2.45) is 0 Å². The molecule has 3 aliphatic heterocycles. The van der Waals surface area contributed by atoms with Gasteiger partial charge in [-0.3, -0.25) is 9.69 Å². The first-order chi connectivity index (χ1) is 17.7. The minimum Gasteiger partial charge on any atom is -0.371 e. The first-order valence-electron chi connectivity index (χ1n) is 13.3. The molecule has 3 heterocycles. The molecule has 0 spiro atoms. The van der Waals surface area contributed by atoms with Crippen LogP contribution < -0.4 is 15.5 Å². The summed E-state index contributed by atoms with van der Waals surface area (Å²) >= 11 is 0. The molecule has 5 heteroatoms. The van der Waals surface area contributed by atoms with Gasteiger partial charge >= 0.3 is 0 Å². The Bertz CT molecular complexity index is 1250. The summed E-state index contributed by atoms with van der Waals surface area (Å²) in [6.45, 7) is 5.55. The highest BCUT2D eigenvalue weighted by molar-refractivity contribution is 6.37. The van der Waals surface area contributed by atoms with E-state index in [-0.39, 0.29) is 5.91 Å². The average molecular weight is 479 g/mol. The Morgan fingerprint density at radius 1 is 0.806 bits per heavy atom. The number of rotatable bonds is 6. The van der Waals surface area contributed by atoms with Crippen molar-refractivity contribution in [1.29, 1.82) is 0 Å². The molecule has 5 nitrogen and oxygen atoms in total. The molecule has 2 saturated heterocycles. The smallest absolute Gasteiger partial charge is 0.258 e. The van der Waals surface area contributed by atoms with Crippen molar-refractivity contribution in [3.8, 4) is 0 Å². The fraction of sp³-hybridized carbons (Fsp3) is 0.323. The molecule has 3 aliphatic rings. The van der Waals surface area contributed by atoms with Gasteiger partial charge in [-0.2, -0.15) is 0 Å². The van der Waals surface area contributed by atoms with Crippen LogP contribution in [0.25, 0.3) is 11.3 Å². The molecule has 0 aliphatic carbocycles. The minimum atomic E-state index is -0.0587.